The number of urea groups is 1. The molecule has 2 fully saturated rings. The average molecular weight is 548 g/mol. The van der Waals surface area contributed by atoms with Crippen molar-refractivity contribution in [2.45, 2.75) is 19.3 Å². The lowest BCUT2D eigenvalue weighted by molar-refractivity contribution is 0.0725. The van der Waals surface area contributed by atoms with Crippen molar-refractivity contribution < 1.29 is 14.3 Å². The Balaban J connectivity index is 1.35. The average Bonchev–Trinajstić information content (AvgIpc) is 2.97. The van der Waals surface area contributed by atoms with Gasteiger partial charge >= 0.3 is 6.03 Å². The Labute approximate surface area is 234 Å². The van der Waals surface area contributed by atoms with Crippen LogP contribution in [0.5, 0.6) is 5.75 Å². The van der Waals surface area contributed by atoms with Gasteiger partial charge in [0.2, 0.25) is 0 Å². The molecule has 0 atom stereocenters. The second-order valence-electron chi connectivity index (χ2n) is 9.82. The van der Waals surface area contributed by atoms with Crippen LogP contribution in [0.3, 0.4) is 0 Å². The van der Waals surface area contributed by atoms with E-state index in [9.17, 15) is 9.59 Å². The molecule has 0 radical (unpaired) electrons. The molecule has 2 N–H and O–H groups in total. The van der Waals surface area contributed by atoms with Gasteiger partial charge in [-0.25, -0.2) is 4.79 Å². The van der Waals surface area contributed by atoms with Crippen LogP contribution in [0.25, 0.3) is 0 Å². The van der Waals surface area contributed by atoms with E-state index in [2.05, 4.69) is 26.5 Å². The molecule has 2 heterocycles. The third-order valence-corrected chi connectivity index (χ3v) is 7.49. The van der Waals surface area contributed by atoms with E-state index in [4.69, 9.17) is 16.3 Å². The van der Waals surface area contributed by atoms with Crippen LogP contribution in [0.1, 0.15) is 29.6 Å². The highest BCUT2D eigenvalue weighted by molar-refractivity contribution is 6.30. The Morgan fingerprint density at radius 3 is 2.10 bits per heavy atom. The maximum Gasteiger partial charge on any atom is 0.323 e. The summed E-state index contributed by atoms with van der Waals surface area (Å²) in [6.07, 6.45) is 3.17. The minimum Gasteiger partial charge on any atom is -0.495 e. The first-order valence-electron chi connectivity index (χ1n) is 13.4. The number of methoxy groups -OCH3 is 1. The summed E-state index contributed by atoms with van der Waals surface area (Å²) in [5, 5.41) is 6.21. The number of hydrogen-bond acceptors (Lipinski definition) is 5. The molecule has 0 bridgehead atoms. The van der Waals surface area contributed by atoms with Crippen LogP contribution in [0, 0.1) is 0 Å². The van der Waals surface area contributed by atoms with Crippen LogP contribution >= 0.6 is 11.6 Å². The van der Waals surface area contributed by atoms with Gasteiger partial charge in [0, 0.05) is 61.4 Å². The molecule has 2 aliphatic heterocycles. The van der Waals surface area contributed by atoms with Crippen LogP contribution in [-0.2, 0) is 0 Å². The zero-order chi connectivity index (χ0) is 27.2. The number of anilines is 4. The molecule has 5 rings (SSSR count). The maximum absolute atomic E-state index is 13.7. The number of piperidine rings is 1. The van der Waals surface area contributed by atoms with E-state index in [-0.39, 0.29) is 5.91 Å². The Morgan fingerprint density at radius 1 is 0.744 bits per heavy atom. The number of hydrogen-bond donors (Lipinski definition) is 2. The largest absolute Gasteiger partial charge is 0.495 e. The van der Waals surface area contributed by atoms with Gasteiger partial charge in [0.05, 0.1) is 18.4 Å². The van der Waals surface area contributed by atoms with Gasteiger partial charge in [-0.3, -0.25) is 4.79 Å². The number of nitrogens with one attached hydrogen (secondary N) is 2. The molecule has 3 aromatic rings. The molecule has 0 unspecified atom stereocenters. The smallest absolute Gasteiger partial charge is 0.323 e. The first-order chi connectivity index (χ1) is 19.0. The summed E-state index contributed by atoms with van der Waals surface area (Å²) >= 11 is 6.04. The molecule has 8 nitrogen and oxygen atoms in total. The van der Waals surface area contributed by atoms with Crippen LogP contribution in [-0.4, -0.2) is 63.2 Å². The Hall–Kier alpha value is -3.91. The number of carbonyl (C=O) groups is 2. The molecule has 3 aromatic carbocycles. The number of para-hydroxylation sites is 2. The van der Waals surface area contributed by atoms with Gasteiger partial charge in [-0.15, -0.1) is 0 Å². The highest BCUT2D eigenvalue weighted by Gasteiger charge is 2.26. The number of likely N-dealkylation sites (tertiary alicyclic amines) is 1. The second kappa shape index (κ2) is 12.3. The number of amides is 3. The fourth-order valence-corrected chi connectivity index (χ4v) is 5.46. The molecule has 204 valence electrons. The number of benzene rings is 3. The third-order valence-electron chi connectivity index (χ3n) is 7.26. The summed E-state index contributed by atoms with van der Waals surface area (Å²) < 4.78 is 5.56. The summed E-state index contributed by atoms with van der Waals surface area (Å²) in [6.45, 7) is 4.65. The van der Waals surface area contributed by atoms with Crippen LogP contribution in [0.2, 0.25) is 5.02 Å². The standard InChI is InChI=1S/C30H34ClN5O3/c1-39-28-11-4-3-10-27(28)35-18-16-34(17-19-35)26-13-12-24(21-25(26)29(37)36-14-5-2-6-15-36)33-30(38)32-23-9-7-8-22(31)20-23/h3-4,7-13,20-21H,2,5-6,14-19H2,1H3,(H2,32,33,38). The quantitative estimate of drug-likeness (QED) is 0.399. The molecule has 0 spiro atoms. The summed E-state index contributed by atoms with van der Waals surface area (Å²) in [6, 6.07) is 20.2. The van der Waals surface area contributed by atoms with Gasteiger partial charge in [-0.1, -0.05) is 29.8 Å². The SMILES string of the molecule is COc1ccccc1N1CCN(c2ccc(NC(=O)Nc3cccc(Cl)c3)cc2C(=O)N2CCCCC2)CC1. The molecule has 0 saturated carbocycles. The number of halogens is 1. The topological polar surface area (TPSA) is 77.1 Å². The second-order valence-corrected chi connectivity index (χ2v) is 10.3. The minimum absolute atomic E-state index is 0.00996. The van der Waals surface area contributed by atoms with Gasteiger partial charge in [-0.2, -0.15) is 0 Å². The van der Waals surface area contributed by atoms with E-state index in [1.165, 1.54) is 0 Å². The number of nitrogens with zero attached hydrogens (tertiary/aromatic N) is 3. The molecule has 2 aliphatic rings. The highest BCUT2D eigenvalue weighted by atomic mass is 35.5. The van der Waals surface area contributed by atoms with Crippen LogP contribution < -0.4 is 25.2 Å². The molecule has 9 heteroatoms. The van der Waals surface area contributed by atoms with Crippen molar-refractivity contribution >= 4 is 46.3 Å². The number of carbonyl (C=O) groups excluding carboxylic acids is 2. The van der Waals surface area contributed by atoms with Crippen molar-refractivity contribution in [3.8, 4) is 5.75 Å². The van der Waals surface area contributed by atoms with Gasteiger partial charge in [-0.05, 0) is 67.8 Å². The summed E-state index contributed by atoms with van der Waals surface area (Å²) in [5.41, 5.74) is 3.74. The normalized spacial score (nSPS) is 15.6. The summed E-state index contributed by atoms with van der Waals surface area (Å²) in [5.74, 6) is 0.870. The van der Waals surface area contributed by atoms with Gasteiger partial charge in [0.25, 0.3) is 5.91 Å². The predicted octanol–water partition coefficient (Wildman–Crippen LogP) is 5.95. The number of ether oxygens (including phenoxy) is 1. The summed E-state index contributed by atoms with van der Waals surface area (Å²) in [7, 11) is 1.69. The van der Waals surface area contributed by atoms with Crippen LogP contribution in [0.4, 0.5) is 27.5 Å². The molecular formula is C30H34ClN5O3. The van der Waals surface area contributed by atoms with Crippen molar-refractivity contribution in [1.82, 2.24) is 4.90 Å². The number of rotatable bonds is 6. The van der Waals surface area contributed by atoms with Crippen molar-refractivity contribution in [1.29, 1.82) is 0 Å². The molecule has 39 heavy (non-hydrogen) atoms. The van der Waals surface area contributed by atoms with Crippen molar-refractivity contribution in [2.75, 3.05) is 66.8 Å². The lowest BCUT2D eigenvalue weighted by Gasteiger charge is -2.39. The lowest BCUT2D eigenvalue weighted by atomic mass is 10.1. The summed E-state index contributed by atoms with van der Waals surface area (Å²) in [4.78, 5) is 32.9. The van der Waals surface area contributed by atoms with Gasteiger partial charge < -0.3 is 30.1 Å². The van der Waals surface area contributed by atoms with E-state index in [1.54, 1.807) is 37.4 Å². The zero-order valence-corrected chi connectivity index (χ0v) is 22.9. The fraction of sp³-hybridized carbons (Fsp3) is 0.333. The van der Waals surface area contributed by atoms with E-state index in [0.29, 0.717) is 22.0 Å². The number of piperazine rings is 1. The maximum atomic E-state index is 13.7. The van der Waals surface area contributed by atoms with E-state index >= 15 is 0 Å². The molecule has 0 aromatic heterocycles. The fourth-order valence-electron chi connectivity index (χ4n) is 5.27. The van der Waals surface area contributed by atoms with E-state index in [0.717, 1.165) is 75.7 Å². The highest BCUT2D eigenvalue weighted by Crippen LogP contribution is 2.32. The Morgan fingerprint density at radius 2 is 1.41 bits per heavy atom. The molecular weight excluding hydrogens is 514 g/mol. The first kappa shape index (κ1) is 26.7. The van der Waals surface area contributed by atoms with Gasteiger partial charge in [0.15, 0.2) is 0 Å². The van der Waals surface area contributed by atoms with E-state index < -0.39 is 6.03 Å². The molecule has 2 saturated heterocycles. The Kier molecular flexibility index (Phi) is 8.42. The van der Waals surface area contributed by atoms with Crippen molar-refractivity contribution in [2.24, 2.45) is 0 Å². The van der Waals surface area contributed by atoms with Crippen LogP contribution in [0.15, 0.2) is 66.7 Å². The first-order valence-corrected chi connectivity index (χ1v) is 13.8. The molecule has 0 aliphatic carbocycles. The monoisotopic (exact) mass is 547 g/mol. The Bertz CT molecular complexity index is 1320. The zero-order valence-electron chi connectivity index (χ0n) is 22.2. The van der Waals surface area contributed by atoms with Crippen molar-refractivity contribution in [3.05, 3.63) is 77.3 Å². The van der Waals surface area contributed by atoms with Gasteiger partial charge in [0.1, 0.15) is 5.75 Å². The third kappa shape index (κ3) is 6.40. The van der Waals surface area contributed by atoms with E-state index in [1.807, 2.05) is 35.2 Å². The minimum atomic E-state index is -0.396. The lowest BCUT2D eigenvalue weighted by Crippen LogP contribution is -2.47. The van der Waals surface area contributed by atoms with Crippen molar-refractivity contribution in [3.63, 3.8) is 0 Å². The molecule has 3 amide bonds. The predicted molar refractivity (Wildman–Crippen MR) is 158 cm³/mol.